The lowest BCUT2D eigenvalue weighted by Crippen LogP contribution is -2.17. The predicted octanol–water partition coefficient (Wildman–Crippen LogP) is -1.17. The number of aliphatic hydroxyl groups is 1. The van der Waals surface area contributed by atoms with Gasteiger partial charge in [0.2, 0.25) is 0 Å². The van der Waals surface area contributed by atoms with Gasteiger partial charge in [0.25, 0.3) is 0 Å². The number of H-pyrrole nitrogens is 1. The number of nitrogens with zero attached hydrogens (tertiary/aromatic N) is 2. The lowest BCUT2D eigenvalue weighted by molar-refractivity contribution is 0.203. The molecule has 0 amide bonds. The Bertz CT molecular complexity index is 249. The highest BCUT2D eigenvalue weighted by Crippen LogP contribution is 1.81. The Kier molecular flexibility index (Phi) is 1.35. The van der Waals surface area contributed by atoms with E-state index in [-0.39, 0.29) is 12.4 Å². The van der Waals surface area contributed by atoms with Crippen LogP contribution < -0.4 is 5.69 Å². The van der Waals surface area contributed by atoms with Crippen molar-refractivity contribution in [2.45, 2.75) is 13.7 Å². The van der Waals surface area contributed by atoms with Crippen molar-refractivity contribution >= 4 is 0 Å². The number of rotatable bonds is 1. The summed E-state index contributed by atoms with van der Waals surface area (Å²) in [5.41, 5.74) is -0.380. The molecule has 0 aromatic carbocycles. The monoisotopic (exact) mass is 129 g/mol. The van der Waals surface area contributed by atoms with Gasteiger partial charge in [0.1, 0.15) is 12.6 Å². The molecule has 0 saturated heterocycles. The summed E-state index contributed by atoms with van der Waals surface area (Å²) < 4.78 is 1.12. The van der Waals surface area contributed by atoms with Crippen molar-refractivity contribution in [2.24, 2.45) is 0 Å². The lowest BCUT2D eigenvalue weighted by Gasteiger charge is -1.91. The Morgan fingerprint density at radius 2 is 2.56 bits per heavy atom. The van der Waals surface area contributed by atoms with Crippen LogP contribution in [0.25, 0.3) is 0 Å². The van der Waals surface area contributed by atoms with Gasteiger partial charge in [-0.3, -0.25) is 4.57 Å². The lowest BCUT2D eigenvalue weighted by atomic mass is 10.7. The van der Waals surface area contributed by atoms with Crippen LogP contribution in [0.3, 0.4) is 0 Å². The van der Waals surface area contributed by atoms with Gasteiger partial charge in [-0.2, -0.15) is 5.10 Å². The highest BCUT2D eigenvalue weighted by atomic mass is 16.3. The quantitative estimate of drug-likeness (QED) is 0.502. The van der Waals surface area contributed by atoms with Crippen LogP contribution >= 0.6 is 0 Å². The SMILES string of the molecule is Cc1n[nH]c(=O)n1CO. The average molecular weight is 129 g/mol. The van der Waals surface area contributed by atoms with Crippen LogP contribution in [0, 0.1) is 6.92 Å². The molecule has 5 heteroatoms. The van der Waals surface area contributed by atoms with E-state index in [1.54, 1.807) is 6.92 Å². The molecular formula is C4H7N3O2. The molecule has 2 N–H and O–H groups in total. The second-order valence-electron chi connectivity index (χ2n) is 1.65. The van der Waals surface area contributed by atoms with Gasteiger partial charge in [-0.05, 0) is 6.92 Å². The Morgan fingerprint density at radius 3 is 2.78 bits per heavy atom. The Hall–Kier alpha value is -1.10. The Balaban J connectivity index is 3.23. The molecule has 0 aliphatic heterocycles. The minimum absolute atomic E-state index is 0.318. The van der Waals surface area contributed by atoms with E-state index in [1.165, 1.54) is 0 Å². The molecule has 0 aliphatic rings. The fourth-order valence-electron chi connectivity index (χ4n) is 0.563. The summed E-state index contributed by atoms with van der Waals surface area (Å²) in [5.74, 6) is 0.488. The molecule has 1 heterocycles. The third-order valence-electron chi connectivity index (χ3n) is 1.09. The van der Waals surface area contributed by atoms with Crippen molar-refractivity contribution in [1.82, 2.24) is 14.8 Å². The Morgan fingerprint density at radius 1 is 1.89 bits per heavy atom. The number of hydrogen-bond donors (Lipinski definition) is 2. The summed E-state index contributed by atoms with van der Waals surface area (Å²) in [5, 5.41) is 14.2. The Labute approximate surface area is 50.9 Å². The van der Waals surface area contributed by atoms with Gasteiger partial charge in [-0.15, -0.1) is 0 Å². The summed E-state index contributed by atoms with van der Waals surface area (Å²) in [7, 11) is 0. The predicted molar refractivity (Wildman–Crippen MR) is 29.8 cm³/mol. The maximum atomic E-state index is 10.6. The topological polar surface area (TPSA) is 70.9 Å². The maximum Gasteiger partial charge on any atom is 0.345 e. The van der Waals surface area contributed by atoms with E-state index in [2.05, 4.69) is 10.2 Å². The fraction of sp³-hybridized carbons (Fsp3) is 0.500. The first-order valence-electron chi connectivity index (χ1n) is 2.48. The number of nitrogens with one attached hydrogen (secondary N) is 1. The van der Waals surface area contributed by atoms with Gasteiger partial charge in [0.05, 0.1) is 0 Å². The van der Waals surface area contributed by atoms with Gasteiger partial charge in [0.15, 0.2) is 0 Å². The molecule has 0 aliphatic carbocycles. The molecule has 0 atom stereocenters. The van der Waals surface area contributed by atoms with E-state index in [0.717, 1.165) is 4.57 Å². The second kappa shape index (κ2) is 2.02. The van der Waals surface area contributed by atoms with Crippen molar-refractivity contribution in [3.63, 3.8) is 0 Å². The second-order valence-corrected chi connectivity index (χ2v) is 1.65. The van der Waals surface area contributed by atoms with E-state index >= 15 is 0 Å². The first kappa shape index (κ1) is 6.03. The van der Waals surface area contributed by atoms with Crippen LogP contribution in [0.4, 0.5) is 0 Å². The molecule has 9 heavy (non-hydrogen) atoms. The van der Waals surface area contributed by atoms with E-state index < -0.39 is 0 Å². The molecular weight excluding hydrogens is 122 g/mol. The molecule has 1 aromatic heterocycles. The van der Waals surface area contributed by atoms with E-state index in [0.29, 0.717) is 5.82 Å². The molecule has 0 bridgehead atoms. The van der Waals surface area contributed by atoms with Crippen LogP contribution in [0.15, 0.2) is 4.79 Å². The molecule has 50 valence electrons. The number of aromatic amines is 1. The van der Waals surface area contributed by atoms with Crippen molar-refractivity contribution < 1.29 is 5.11 Å². The summed E-state index contributed by atoms with van der Waals surface area (Å²) in [6.45, 7) is 1.31. The van der Waals surface area contributed by atoms with Crippen LogP contribution in [0.1, 0.15) is 5.82 Å². The zero-order chi connectivity index (χ0) is 6.85. The number of aliphatic hydroxyl groups excluding tert-OH is 1. The van der Waals surface area contributed by atoms with Crippen LogP contribution in [0.2, 0.25) is 0 Å². The number of hydrogen-bond acceptors (Lipinski definition) is 3. The van der Waals surface area contributed by atoms with Crippen molar-refractivity contribution in [3.8, 4) is 0 Å². The molecule has 1 aromatic rings. The van der Waals surface area contributed by atoms with Crippen LogP contribution in [0.5, 0.6) is 0 Å². The smallest absolute Gasteiger partial charge is 0.345 e. The third-order valence-corrected chi connectivity index (χ3v) is 1.09. The standard InChI is InChI=1S/C4H7N3O2/c1-3-5-6-4(9)7(3)2-8/h8H,2H2,1H3,(H,6,9). The molecule has 1 rings (SSSR count). The fourth-order valence-corrected chi connectivity index (χ4v) is 0.563. The molecule has 0 spiro atoms. The van der Waals surface area contributed by atoms with Crippen molar-refractivity contribution in [3.05, 3.63) is 16.3 Å². The van der Waals surface area contributed by atoms with E-state index in [1.807, 2.05) is 0 Å². The van der Waals surface area contributed by atoms with E-state index in [4.69, 9.17) is 5.11 Å². The molecule has 0 fully saturated rings. The van der Waals surface area contributed by atoms with Crippen molar-refractivity contribution in [1.29, 1.82) is 0 Å². The molecule has 0 unspecified atom stereocenters. The maximum absolute atomic E-state index is 10.6. The average Bonchev–Trinajstić information content (AvgIpc) is 2.12. The largest absolute Gasteiger partial charge is 0.376 e. The van der Waals surface area contributed by atoms with Gasteiger partial charge in [0, 0.05) is 0 Å². The van der Waals surface area contributed by atoms with Gasteiger partial charge in [-0.1, -0.05) is 0 Å². The molecule has 5 nitrogen and oxygen atoms in total. The number of aromatic nitrogens is 3. The minimum atomic E-state index is -0.380. The van der Waals surface area contributed by atoms with Crippen LogP contribution in [-0.4, -0.2) is 19.9 Å². The first-order chi connectivity index (χ1) is 4.25. The van der Waals surface area contributed by atoms with E-state index in [9.17, 15) is 4.79 Å². The third kappa shape index (κ3) is 0.857. The highest BCUT2D eigenvalue weighted by molar-refractivity contribution is 4.78. The zero-order valence-corrected chi connectivity index (χ0v) is 4.96. The molecule has 0 radical (unpaired) electrons. The summed E-state index contributed by atoms with van der Waals surface area (Å²) in [6.07, 6.45) is 0. The molecule has 0 saturated carbocycles. The van der Waals surface area contributed by atoms with Gasteiger partial charge < -0.3 is 5.11 Å². The van der Waals surface area contributed by atoms with Crippen molar-refractivity contribution in [2.75, 3.05) is 0 Å². The first-order valence-corrected chi connectivity index (χ1v) is 2.48. The minimum Gasteiger partial charge on any atom is -0.376 e. The zero-order valence-electron chi connectivity index (χ0n) is 4.96. The van der Waals surface area contributed by atoms with Crippen LogP contribution in [-0.2, 0) is 6.73 Å². The van der Waals surface area contributed by atoms with Gasteiger partial charge in [-0.25, -0.2) is 9.89 Å². The number of aryl methyl sites for hydroxylation is 1. The summed E-state index contributed by atoms with van der Waals surface area (Å²) in [4.78, 5) is 10.6. The summed E-state index contributed by atoms with van der Waals surface area (Å²) in [6, 6.07) is 0. The highest BCUT2D eigenvalue weighted by Gasteiger charge is 1.98. The van der Waals surface area contributed by atoms with Gasteiger partial charge >= 0.3 is 5.69 Å². The normalized spacial score (nSPS) is 10.0. The summed E-state index contributed by atoms with van der Waals surface area (Å²) >= 11 is 0.